The lowest BCUT2D eigenvalue weighted by Gasteiger charge is -2.15. The molecule has 1 unspecified atom stereocenters. The molecule has 126 valence electrons. The topological polar surface area (TPSA) is 21.3 Å². The fraction of sp³-hybridized carbons (Fsp3) is 0.143. The zero-order valence-electron chi connectivity index (χ0n) is 13.5. The summed E-state index contributed by atoms with van der Waals surface area (Å²) in [5, 5.41) is 4.77. The largest absolute Gasteiger partial charge is 0.487 e. The van der Waals surface area contributed by atoms with Crippen LogP contribution in [0, 0.1) is 0 Å². The van der Waals surface area contributed by atoms with Gasteiger partial charge in [-0.3, -0.25) is 0 Å². The van der Waals surface area contributed by atoms with Crippen molar-refractivity contribution in [3.05, 3.63) is 82.3 Å². The van der Waals surface area contributed by atoms with Crippen LogP contribution in [-0.4, -0.2) is 12.6 Å². The number of nitrogens with one attached hydrogen (secondary N) is 1. The second-order valence-corrected chi connectivity index (χ2v) is 6.95. The van der Waals surface area contributed by atoms with E-state index in [0.717, 1.165) is 35.5 Å². The summed E-state index contributed by atoms with van der Waals surface area (Å²) in [4.78, 5) is 0. The van der Waals surface area contributed by atoms with Crippen molar-refractivity contribution in [2.75, 3.05) is 11.9 Å². The number of anilines is 1. The normalized spacial score (nSPS) is 15.5. The molecule has 3 aromatic carbocycles. The van der Waals surface area contributed by atoms with Crippen LogP contribution in [0.3, 0.4) is 0 Å². The first-order valence-electron chi connectivity index (χ1n) is 8.23. The van der Waals surface area contributed by atoms with Gasteiger partial charge in [0.1, 0.15) is 11.9 Å². The minimum absolute atomic E-state index is 0.0920. The molecule has 0 bridgehead atoms. The van der Waals surface area contributed by atoms with E-state index in [-0.39, 0.29) is 6.10 Å². The SMILES string of the molecule is Clc1ccc(Cl)c(-c2cccc3c2OC(CNc2ccccc2)C3)c1. The van der Waals surface area contributed by atoms with Crippen molar-refractivity contribution >= 4 is 28.9 Å². The number of halogens is 2. The van der Waals surface area contributed by atoms with Crippen LogP contribution in [-0.2, 0) is 6.42 Å². The van der Waals surface area contributed by atoms with Crippen molar-refractivity contribution in [3.63, 3.8) is 0 Å². The maximum Gasteiger partial charge on any atom is 0.131 e. The van der Waals surface area contributed by atoms with E-state index in [1.165, 1.54) is 5.56 Å². The van der Waals surface area contributed by atoms with E-state index in [4.69, 9.17) is 27.9 Å². The van der Waals surface area contributed by atoms with Gasteiger partial charge in [0.2, 0.25) is 0 Å². The van der Waals surface area contributed by atoms with Gasteiger partial charge >= 0.3 is 0 Å². The van der Waals surface area contributed by atoms with Crippen molar-refractivity contribution in [1.29, 1.82) is 0 Å². The van der Waals surface area contributed by atoms with Gasteiger partial charge in [0, 0.05) is 33.3 Å². The molecule has 1 N–H and O–H groups in total. The summed E-state index contributed by atoms with van der Waals surface area (Å²) in [7, 11) is 0. The quantitative estimate of drug-likeness (QED) is 0.601. The fourth-order valence-electron chi connectivity index (χ4n) is 3.16. The number of para-hydroxylation sites is 2. The van der Waals surface area contributed by atoms with E-state index in [1.807, 2.05) is 42.5 Å². The number of rotatable bonds is 4. The van der Waals surface area contributed by atoms with Crippen molar-refractivity contribution < 1.29 is 4.74 Å². The van der Waals surface area contributed by atoms with Gasteiger partial charge in [-0.25, -0.2) is 0 Å². The minimum Gasteiger partial charge on any atom is -0.487 e. The standard InChI is InChI=1S/C21H17Cl2NO/c22-15-9-10-20(23)19(12-15)18-8-4-5-14-11-17(25-21(14)18)13-24-16-6-2-1-3-7-16/h1-10,12,17,24H,11,13H2. The third kappa shape index (κ3) is 3.46. The summed E-state index contributed by atoms with van der Waals surface area (Å²) in [5.41, 5.74) is 4.20. The highest BCUT2D eigenvalue weighted by Crippen LogP contribution is 2.42. The molecular formula is C21H17Cl2NO. The van der Waals surface area contributed by atoms with Crippen molar-refractivity contribution in [2.24, 2.45) is 0 Å². The van der Waals surface area contributed by atoms with Crippen LogP contribution >= 0.6 is 23.2 Å². The Hall–Kier alpha value is -2.16. The van der Waals surface area contributed by atoms with Gasteiger partial charge in [-0.1, -0.05) is 59.6 Å². The van der Waals surface area contributed by atoms with Crippen LogP contribution in [0.15, 0.2) is 66.7 Å². The molecule has 1 heterocycles. The number of hydrogen-bond acceptors (Lipinski definition) is 2. The molecule has 0 saturated carbocycles. The molecule has 0 fully saturated rings. The molecule has 1 aliphatic rings. The van der Waals surface area contributed by atoms with E-state index >= 15 is 0 Å². The van der Waals surface area contributed by atoms with Crippen LogP contribution in [0.1, 0.15) is 5.56 Å². The number of ether oxygens (including phenoxy) is 1. The first-order chi connectivity index (χ1) is 12.2. The Morgan fingerprint density at radius 2 is 1.76 bits per heavy atom. The maximum absolute atomic E-state index is 6.38. The monoisotopic (exact) mass is 369 g/mol. The van der Waals surface area contributed by atoms with Gasteiger partial charge in [-0.15, -0.1) is 0 Å². The molecule has 0 aliphatic carbocycles. The summed E-state index contributed by atoms with van der Waals surface area (Å²) in [6.45, 7) is 0.751. The fourth-order valence-corrected chi connectivity index (χ4v) is 3.55. The van der Waals surface area contributed by atoms with E-state index < -0.39 is 0 Å². The van der Waals surface area contributed by atoms with Gasteiger partial charge in [0.15, 0.2) is 0 Å². The Bertz CT molecular complexity index is 896. The summed E-state index contributed by atoms with van der Waals surface area (Å²) in [6, 6.07) is 21.8. The van der Waals surface area contributed by atoms with E-state index in [0.29, 0.717) is 10.0 Å². The van der Waals surface area contributed by atoms with Gasteiger partial charge in [0.05, 0.1) is 6.54 Å². The number of hydrogen-bond donors (Lipinski definition) is 1. The number of benzene rings is 3. The molecule has 2 nitrogen and oxygen atoms in total. The third-order valence-corrected chi connectivity index (χ3v) is 4.92. The zero-order chi connectivity index (χ0) is 17.2. The Balaban J connectivity index is 1.56. The average Bonchev–Trinajstić information content (AvgIpc) is 3.06. The lowest BCUT2D eigenvalue weighted by molar-refractivity contribution is 0.247. The Labute approximate surface area is 157 Å². The Morgan fingerprint density at radius 1 is 0.920 bits per heavy atom. The summed E-state index contributed by atoms with van der Waals surface area (Å²) in [6.07, 6.45) is 0.968. The Kier molecular flexibility index (Phi) is 4.56. The van der Waals surface area contributed by atoms with Gasteiger partial charge < -0.3 is 10.1 Å². The van der Waals surface area contributed by atoms with E-state index in [2.05, 4.69) is 23.5 Å². The van der Waals surface area contributed by atoms with Gasteiger partial charge in [-0.2, -0.15) is 0 Å². The maximum atomic E-state index is 6.38. The molecule has 1 atom stereocenters. The molecule has 4 heteroatoms. The lowest BCUT2D eigenvalue weighted by atomic mass is 10.0. The molecule has 0 aromatic heterocycles. The first-order valence-corrected chi connectivity index (χ1v) is 8.99. The van der Waals surface area contributed by atoms with Gasteiger partial charge in [-0.05, 0) is 35.9 Å². The van der Waals surface area contributed by atoms with Gasteiger partial charge in [0.25, 0.3) is 0 Å². The zero-order valence-corrected chi connectivity index (χ0v) is 15.0. The first kappa shape index (κ1) is 16.3. The van der Waals surface area contributed by atoms with Crippen molar-refractivity contribution in [1.82, 2.24) is 0 Å². The highest BCUT2D eigenvalue weighted by molar-refractivity contribution is 6.35. The highest BCUT2D eigenvalue weighted by Gasteiger charge is 2.26. The average molecular weight is 370 g/mol. The van der Waals surface area contributed by atoms with Crippen LogP contribution in [0.4, 0.5) is 5.69 Å². The van der Waals surface area contributed by atoms with E-state index in [9.17, 15) is 0 Å². The highest BCUT2D eigenvalue weighted by atomic mass is 35.5. The predicted octanol–water partition coefficient (Wildman–Crippen LogP) is 6.08. The molecule has 0 spiro atoms. The van der Waals surface area contributed by atoms with Crippen molar-refractivity contribution in [2.45, 2.75) is 12.5 Å². The molecule has 4 rings (SSSR count). The lowest BCUT2D eigenvalue weighted by Crippen LogP contribution is -2.23. The Morgan fingerprint density at radius 3 is 2.60 bits per heavy atom. The van der Waals surface area contributed by atoms with Crippen LogP contribution in [0.25, 0.3) is 11.1 Å². The molecule has 0 amide bonds. The number of fused-ring (bicyclic) bond motifs is 1. The molecule has 1 aliphatic heterocycles. The second-order valence-electron chi connectivity index (χ2n) is 6.11. The molecule has 0 radical (unpaired) electrons. The predicted molar refractivity (Wildman–Crippen MR) is 105 cm³/mol. The van der Waals surface area contributed by atoms with Crippen LogP contribution in [0.5, 0.6) is 5.75 Å². The van der Waals surface area contributed by atoms with Crippen LogP contribution < -0.4 is 10.1 Å². The molecule has 0 saturated heterocycles. The summed E-state index contributed by atoms with van der Waals surface area (Å²) >= 11 is 12.5. The summed E-state index contributed by atoms with van der Waals surface area (Å²) < 4.78 is 6.24. The molecule has 3 aromatic rings. The minimum atomic E-state index is 0.0920. The van der Waals surface area contributed by atoms with E-state index in [1.54, 1.807) is 6.07 Å². The molecule has 25 heavy (non-hydrogen) atoms. The van der Waals surface area contributed by atoms with Crippen LogP contribution in [0.2, 0.25) is 10.0 Å². The molecular weight excluding hydrogens is 353 g/mol. The summed E-state index contributed by atoms with van der Waals surface area (Å²) in [5.74, 6) is 0.909. The smallest absolute Gasteiger partial charge is 0.131 e. The third-order valence-electron chi connectivity index (χ3n) is 4.35. The second kappa shape index (κ2) is 6.99. The van der Waals surface area contributed by atoms with Crippen molar-refractivity contribution in [3.8, 4) is 16.9 Å².